The first-order valence-electron chi connectivity index (χ1n) is 10.2. The van der Waals surface area contributed by atoms with E-state index >= 15 is 0 Å². The molecule has 2 aromatic carbocycles. The van der Waals surface area contributed by atoms with Gasteiger partial charge in [-0.05, 0) is 35.7 Å². The maximum Gasteiger partial charge on any atom is 0.325 e. The minimum atomic E-state index is -4.08. The van der Waals surface area contributed by atoms with Crippen LogP contribution in [0.3, 0.4) is 0 Å². The Morgan fingerprint density at radius 1 is 1.18 bits per heavy atom. The number of aliphatic carboxylic acids is 1. The summed E-state index contributed by atoms with van der Waals surface area (Å²) in [7, 11) is -2.50. The molecule has 0 bridgehead atoms. The number of carboxylic acids is 1. The van der Waals surface area contributed by atoms with E-state index in [0.29, 0.717) is 16.5 Å². The minimum Gasteiger partial charge on any atom is -0.497 e. The fourth-order valence-electron chi connectivity index (χ4n) is 4.40. The van der Waals surface area contributed by atoms with Crippen molar-refractivity contribution in [3.63, 3.8) is 0 Å². The molecule has 0 saturated heterocycles. The molecule has 33 heavy (non-hydrogen) atoms. The molecule has 1 aliphatic carbocycles. The van der Waals surface area contributed by atoms with E-state index in [4.69, 9.17) is 4.74 Å². The number of thiophene rings is 1. The predicted octanol–water partition coefficient (Wildman–Crippen LogP) is 3.84. The number of rotatable bonds is 7. The number of hydrogen-bond acceptors (Lipinski definition) is 6. The molecule has 8 nitrogen and oxygen atoms in total. The summed E-state index contributed by atoms with van der Waals surface area (Å²) in [6, 6.07) is 17.7. The molecule has 2 heterocycles. The highest BCUT2D eigenvalue weighted by Crippen LogP contribution is 2.58. The van der Waals surface area contributed by atoms with Crippen LogP contribution in [0.1, 0.15) is 18.4 Å². The van der Waals surface area contributed by atoms with Gasteiger partial charge in [-0.1, -0.05) is 37.3 Å². The van der Waals surface area contributed by atoms with Crippen LogP contribution in [0.4, 0.5) is 0 Å². The maximum atomic E-state index is 13.2. The lowest BCUT2D eigenvalue weighted by Gasteiger charge is -2.15. The Bertz CT molecular complexity index is 1460. The average Bonchev–Trinajstić information content (AvgIpc) is 3.19. The van der Waals surface area contributed by atoms with E-state index in [0.717, 1.165) is 27.9 Å². The smallest absolute Gasteiger partial charge is 0.325 e. The third-order valence-corrected chi connectivity index (χ3v) is 9.25. The van der Waals surface area contributed by atoms with E-state index in [-0.39, 0.29) is 4.21 Å². The number of methoxy groups -OCH3 is 1. The molecule has 10 heteroatoms. The Morgan fingerprint density at radius 2 is 1.94 bits per heavy atom. The molecular formula is C23H21N3O5S2. The predicted molar refractivity (Wildman–Crippen MR) is 125 cm³/mol. The number of imidazole rings is 1. The van der Waals surface area contributed by atoms with E-state index in [9.17, 15) is 18.3 Å². The second-order valence-electron chi connectivity index (χ2n) is 8.04. The van der Waals surface area contributed by atoms with Crippen LogP contribution in [0.5, 0.6) is 5.75 Å². The van der Waals surface area contributed by atoms with Gasteiger partial charge in [-0.3, -0.25) is 4.79 Å². The Balaban J connectivity index is 1.45. The number of aromatic amines is 1. The van der Waals surface area contributed by atoms with Gasteiger partial charge in [0.15, 0.2) is 0 Å². The molecule has 0 radical (unpaired) electrons. The van der Waals surface area contributed by atoms with Gasteiger partial charge in [-0.2, -0.15) is 4.72 Å². The largest absolute Gasteiger partial charge is 0.497 e. The van der Waals surface area contributed by atoms with E-state index < -0.39 is 33.4 Å². The van der Waals surface area contributed by atoms with Crippen LogP contribution in [-0.2, 0) is 14.8 Å². The zero-order valence-electron chi connectivity index (χ0n) is 17.8. The Hall–Kier alpha value is -3.21. The molecule has 170 valence electrons. The van der Waals surface area contributed by atoms with Crippen molar-refractivity contribution in [2.75, 3.05) is 7.11 Å². The van der Waals surface area contributed by atoms with Gasteiger partial charge in [0, 0.05) is 12.0 Å². The van der Waals surface area contributed by atoms with E-state index in [1.165, 1.54) is 6.07 Å². The molecule has 5 rings (SSSR count). The van der Waals surface area contributed by atoms with Crippen molar-refractivity contribution in [2.45, 2.75) is 22.6 Å². The number of nitrogens with zero attached hydrogens (tertiary/aromatic N) is 1. The average molecular weight is 484 g/mol. The van der Waals surface area contributed by atoms with Crippen LogP contribution < -0.4 is 9.46 Å². The summed E-state index contributed by atoms with van der Waals surface area (Å²) in [5.74, 6) is -0.815. The molecule has 2 aromatic heterocycles. The topological polar surface area (TPSA) is 121 Å². The van der Waals surface area contributed by atoms with Crippen molar-refractivity contribution in [3.05, 3.63) is 66.2 Å². The van der Waals surface area contributed by atoms with Crippen molar-refractivity contribution < 1.29 is 23.1 Å². The van der Waals surface area contributed by atoms with Crippen LogP contribution in [0.25, 0.3) is 21.7 Å². The van der Waals surface area contributed by atoms with Crippen LogP contribution in [0, 0.1) is 5.92 Å². The van der Waals surface area contributed by atoms with Crippen molar-refractivity contribution in [1.29, 1.82) is 0 Å². The van der Waals surface area contributed by atoms with Gasteiger partial charge < -0.3 is 14.8 Å². The zero-order chi connectivity index (χ0) is 23.4. The molecule has 0 spiro atoms. The first-order valence-corrected chi connectivity index (χ1v) is 12.5. The summed E-state index contributed by atoms with van der Waals surface area (Å²) in [5, 5.41) is 9.97. The molecule has 2 unspecified atom stereocenters. The number of benzene rings is 2. The van der Waals surface area contributed by atoms with Gasteiger partial charge in [0.05, 0.1) is 23.0 Å². The van der Waals surface area contributed by atoms with Gasteiger partial charge in [0.2, 0.25) is 0 Å². The van der Waals surface area contributed by atoms with Crippen LogP contribution in [0.2, 0.25) is 0 Å². The minimum absolute atomic E-state index is 0.0297. The van der Waals surface area contributed by atoms with Crippen LogP contribution >= 0.6 is 11.3 Å². The number of fused-ring (bicyclic) bond motifs is 1. The fraction of sp³-hybridized carbons (Fsp3) is 0.217. The lowest BCUT2D eigenvalue weighted by Crippen LogP contribution is -2.45. The van der Waals surface area contributed by atoms with Crippen LogP contribution in [0.15, 0.2) is 64.9 Å². The van der Waals surface area contributed by atoms with Crippen LogP contribution in [-0.4, -0.2) is 42.1 Å². The van der Waals surface area contributed by atoms with E-state index in [2.05, 4.69) is 14.7 Å². The molecular weight excluding hydrogens is 462 g/mol. The number of nitrogens with one attached hydrogen (secondary N) is 2. The van der Waals surface area contributed by atoms with Crippen molar-refractivity contribution in [1.82, 2.24) is 14.7 Å². The molecule has 1 aliphatic rings. The Kier molecular flexibility index (Phi) is 5.04. The third-order valence-electron chi connectivity index (χ3n) is 6.18. The molecule has 3 N–H and O–H groups in total. The Labute approximate surface area is 194 Å². The van der Waals surface area contributed by atoms with E-state index in [1.54, 1.807) is 26.2 Å². The maximum absolute atomic E-state index is 13.2. The van der Waals surface area contributed by atoms with Gasteiger partial charge >= 0.3 is 5.97 Å². The number of ether oxygens (including phenoxy) is 1. The summed E-state index contributed by atoms with van der Waals surface area (Å²) < 4.78 is 34.2. The standard InChI is InChI=1S/C23H21N3O5S2/c1-13-20(14-6-4-3-5-7-14)23(13,22(27)28)26-33(29,30)19-11-10-18(32-19)21-24-16-9-8-15(31-2)12-17(16)25-21/h3-13,20,26H,1-2H3,(H,24,25)(H,27,28)/t13?,20-,23?/m1/s1. The second kappa shape index (κ2) is 7.68. The van der Waals surface area contributed by atoms with Gasteiger partial charge in [-0.15, -0.1) is 11.3 Å². The zero-order valence-corrected chi connectivity index (χ0v) is 19.4. The monoisotopic (exact) mass is 483 g/mol. The number of sulfonamides is 1. The van der Waals surface area contributed by atoms with Crippen molar-refractivity contribution >= 4 is 38.4 Å². The fourth-order valence-corrected chi connectivity index (χ4v) is 7.11. The SMILES string of the molecule is COc1ccc2nc(-c3ccc(S(=O)(=O)NC4(C(=O)O)C(C)[C@@H]4c4ccccc4)s3)[nH]c2c1. The summed E-state index contributed by atoms with van der Waals surface area (Å²) in [5.41, 5.74) is 0.701. The summed E-state index contributed by atoms with van der Waals surface area (Å²) >= 11 is 1.03. The Morgan fingerprint density at radius 3 is 2.64 bits per heavy atom. The van der Waals surface area contributed by atoms with Gasteiger partial charge in [-0.25, -0.2) is 13.4 Å². The summed E-state index contributed by atoms with van der Waals surface area (Å²) in [4.78, 5) is 20.5. The number of hydrogen-bond donors (Lipinski definition) is 3. The molecule has 3 atom stereocenters. The number of H-pyrrole nitrogens is 1. The van der Waals surface area contributed by atoms with Crippen molar-refractivity contribution in [3.8, 4) is 16.5 Å². The lowest BCUT2D eigenvalue weighted by molar-refractivity contribution is -0.140. The molecule has 1 saturated carbocycles. The molecule has 0 aliphatic heterocycles. The quantitative estimate of drug-likeness (QED) is 0.367. The van der Waals surface area contributed by atoms with E-state index in [1.807, 2.05) is 42.5 Å². The normalized spacial score (nSPS) is 22.4. The highest BCUT2D eigenvalue weighted by atomic mass is 32.2. The molecule has 0 amide bonds. The molecule has 4 aromatic rings. The first kappa shape index (κ1) is 21.6. The summed E-state index contributed by atoms with van der Waals surface area (Å²) in [6.07, 6.45) is 0. The molecule has 1 fully saturated rings. The summed E-state index contributed by atoms with van der Waals surface area (Å²) in [6.45, 7) is 1.75. The number of carbonyl (C=O) groups is 1. The highest BCUT2D eigenvalue weighted by Gasteiger charge is 2.70. The second-order valence-corrected chi connectivity index (χ2v) is 11.0. The highest BCUT2D eigenvalue weighted by molar-refractivity contribution is 7.91. The van der Waals surface area contributed by atoms with Gasteiger partial charge in [0.1, 0.15) is 21.3 Å². The first-order chi connectivity index (χ1) is 15.8. The van der Waals surface area contributed by atoms with Crippen molar-refractivity contribution in [2.24, 2.45) is 5.92 Å². The number of aromatic nitrogens is 2. The third kappa shape index (κ3) is 3.50. The van der Waals surface area contributed by atoms with Gasteiger partial charge in [0.25, 0.3) is 10.0 Å². The lowest BCUT2D eigenvalue weighted by atomic mass is 10.1. The number of carboxylic acid groups (broad SMARTS) is 1.